The molecule has 0 bridgehead atoms. The lowest BCUT2D eigenvalue weighted by Crippen LogP contribution is -2.33. The number of Topliss-reactive ketones (excluding diaryl/α,β-unsaturated/α-hetero) is 3. The summed E-state index contributed by atoms with van der Waals surface area (Å²) < 4.78 is 79.2. The van der Waals surface area contributed by atoms with Crippen LogP contribution in [0.25, 0.3) is 0 Å². The van der Waals surface area contributed by atoms with Gasteiger partial charge in [0.25, 0.3) is 0 Å². The zero-order valence-corrected chi connectivity index (χ0v) is 49.8. The van der Waals surface area contributed by atoms with Crippen molar-refractivity contribution in [3.63, 3.8) is 0 Å². The van der Waals surface area contributed by atoms with Gasteiger partial charge in [0.05, 0.1) is 159 Å². The molecular formula is C54H105N3O21. The fourth-order valence-electron chi connectivity index (χ4n) is 4.94. The first kappa shape index (κ1) is 79.0. The highest BCUT2D eigenvalue weighted by Gasteiger charge is 2.10. The van der Waals surface area contributed by atoms with Gasteiger partial charge in [0.2, 0.25) is 17.7 Å². The summed E-state index contributed by atoms with van der Waals surface area (Å²) in [6.07, 6.45) is 0. The van der Waals surface area contributed by atoms with E-state index in [1.165, 1.54) is 0 Å². The minimum Gasteiger partial charge on any atom is -0.377 e. The van der Waals surface area contributed by atoms with Gasteiger partial charge in [-0.1, -0.05) is 41.5 Å². The maximum Gasteiger partial charge on any atom is 0.246 e. The summed E-state index contributed by atoms with van der Waals surface area (Å²) in [5, 5.41) is 8.22. The number of hydrogen-bond acceptors (Lipinski definition) is 21. The average molecular weight is 1130 g/mol. The van der Waals surface area contributed by atoms with Crippen LogP contribution in [-0.2, 0) is 99.8 Å². The molecule has 0 aliphatic rings. The van der Waals surface area contributed by atoms with E-state index in [9.17, 15) is 28.8 Å². The second kappa shape index (κ2) is 59.9. The molecule has 0 saturated heterocycles. The maximum atomic E-state index is 11.3. The van der Waals surface area contributed by atoms with E-state index in [4.69, 9.17) is 71.1 Å². The summed E-state index contributed by atoms with van der Waals surface area (Å²) in [6, 6.07) is 0.347. The minimum atomic E-state index is -0.126. The van der Waals surface area contributed by atoms with Crippen LogP contribution >= 0.6 is 0 Å². The van der Waals surface area contributed by atoms with E-state index in [1.807, 2.05) is 83.1 Å². The number of hydrogen-bond donors (Lipinski definition) is 3. The van der Waals surface area contributed by atoms with Crippen molar-refractivity contribution >= 4 is 35.1 Å². The fraction of sp³-hybridized carbons (Fsp3) is 0.889. The molecule has 0 saturated carbocycles. The van der Waals surface area contributed by atoms with E-state index in [-0.39, 0.29) is 111 Å². The zero-order chi connectivity index (χ0) is 58.9. The highest BCUT2D eigenvalue weighted by atomic mass is 16.6. The third-order valence-electron chi connectivity index (χ3n) is 9.18. The Labute approximate surface area is 466 Å². The Morgan fingerprint density at radius 1 is 0.218 bits per heavy atom. The largest absolute Gasteiger partial charge is 0.377 e. The van der Waals surface area contributed by atoms with Gasteiger partial charge >= 0.3 is 0 Å². The lowest BCUT2D eigenvalue weighted by Gasteiger charge is -2.09. The van der Waals surface area contributed by atoms with Crippen LogP contribution in [-0.4, -0.2) is 251 Å². The maximum absolute atomic E-state index is 11.3. The molecule has 0 spiro atoms. The van der Waals surface area contributed by atoms with E-state index < -0.39 is 0 Å². The quantitative estimate of drug-likeness (QED) is 0.0738. The third kappa shape index (κ3) is 67.1. The van der Waals surface area contributed by atoms with Gasteiger partial charge in [0.15, 0.2) is 17.3 Å². The first-order chi connectivity index (χ1) is 37.3. The van der Waals surface area contributed by atoms with Crippen LogP contribution in [0.4, 0.5) is 0 Å². The summed E-state index contributed by atoms with van der Waals surface area (Å²) in [7, 11) is 0. The number of amides is 3. The van der Waals surface area contributed by atoms with Gasteiger partial charge in [-0.25, -0.2) is 0 Å². The molecule has 0 rings (SSSR count). The molecule has 462 valence electrons. The topological polar surface area (TPSA) is 277 Å². The molecule has 3 amide bonds. The van der Waals surface area contributed by atoms with E-state index >= 15 is 0 Å². The molecule has 24 nitrogen and oxygen atoms in total. The lowest BCUT2D eigenvalue weighted by molar-refractivity contribution is -0.128. The van der Waals surface area contributed by atoms with Crippen LogP contribution < -0.4 is 16.0 Å². The average Bonchev–Trinajstić information content (AvgIpc) is 3.36. The Morgan fingerprint density at radius 3 is 0.474 bits per heavy atom. The number of ether oxygens (including phenoxy) is 15. The molecule has 0 radical (unpaired) electrons. The van der Waals surface area contributed by atoms with Gasteiger partial charge in [-0.15, -0.1) is 0 Å². The smallest absolute Gasteiger partial charge is 0.246 e. The predicted molar refractivity (Wildman–Crippen MR) is 292 cm³/mol. The molecule has 0 fully saturated rings. The summed E-state index contributed by atoms with van der Waals surface area (Å²) in [6.45, 7) is 33.5. The Hall–Kier alpha value is -3.18. The summed E-state index contributed by atoms with van der Waals surface area (Å²) >= 11 is 0. The lowest BCUT2D eigenvalue weighted by atomic mass is 10.1. The van der Waals surface area contributed by atoms with Crippen molar-refractivity contribution in [3.05, 3.63) is 0 Å². The normalized spacial score (nSPS) is 11.3. The van der Waals surface area contributed by atoms with E-state index in [0.717, 1.165) is 0 Å². The summed E-state index contributed by atoms with van der Waals surface area (Å²) in [4.78, 5) is 67.8. The van der Waals surface area contributed by atoms with Gasteiger partial charge in [-0.05, 0) is 41.5 Å². The van der Waals surface area contributed by atoms with Crippen molar-refractivity contribution in [2.24, 2.45) is 17.8 Å². The SMILES string of the molecule is CC(C)NC(=O)COCCOCCOCCOCC(=O)C(C)C.CC(C)NC(=O)COCCOCCOCCOCCOCC(=O)C(C)C.CC(C)NC(=O)COCCOCCOCCOCCOCCOCC(=O)C(C)C. The number of rotatable bonds is 54. The third-order valence-corrected chi connectivity index (χ3v) is 9.18. The second-order valence-electron chi connectivity index (χ2n) is 18.9. The fourth-order valence-corrected chi connectivity index (χ4v) is 4.94. The Bertz CT molecular complexity index is 1410. The molecule has 24 heteroatoms. The van der Waals surface area contributed by atoms with Crippen LogP contribution in [0, 0.1) is 17.8 Å². The molecule has 78 heavy (non-hydrogen) atoms. The van der Waals surface area contributed by atoms with Crippen molar-refractivity contribution in [2.45, 2.75) is 101 Å². The molecule has 3 N–H and O–H groups in total. The molecule has 0 aliphatic carbocycles. The Balaban J connectivity index is -0.00000109. The summed E-state index contributed by atoms with van der Waals surface area (Å²) in [5.74, 6) is -0.0855. The molecule has 0 aromatic carbocycles. The standard InChI is InChI=1S/C20H39NO8.C18H35NO7.C16H31NO6/c1-17(2)19(22)15-28-13-11-26-9-7-24-5-6-25-8-10-27-12-14-29-16-20(23)21-18(3)4;1-15(2)17(20)13-25-11-9-23-7-5-22-6-8-24-10-12-26-14-18(21)19-16(3)4;1-13(2)15(18)11-22-9-7-20-5-6-21-8-10-23-12-16(19)17-14(3)4/h17-18H,5-16H2,1-4H3,(H,21,23);15-16H,5-14H2,1-4H3,(H,19,21);13-14H,5-12H2,1-4H3,(H,17,19). The van der Waals surface area contributed by atoms with Gasteiger partial charge < -0.3 is 87.0 Å². The molecular weight excluding hydrogens is 1030 g/mol. The van der Waals surface area contributed by atoms with E-state index in [1.54, 1.807) is 0 Å². The molecule has 0 aliphatic heterocycles. The summed E-state index contributed by atoms with van der Waals surface area (Å²) in [5.41, 5.74) is 0. The van der Waals surface area contributed by atoms with Crippen LogP contribution in [0.1, 0.15) is 83.1 Å². The number of ketones is 3. The molecule has 0 aromatic heterocycles. The van der Waals surface area contributed by atoms with E-state index in [2.05, 4.69) is 16.0 Å². The monoisotopic (exact) mass is 1130 g/mol. The first-order valence-corrected chi connectivity index (χ1v) is 27.4. The molecule has 0 aromatic rings. The van der Waals surface area contributed by atoms with Gasteiger partial charge in [-0.3, -0.25) is 28.8 Å². The molecule has 0 unspecified atom stereocenters. The van der Waals surface area contributed by atoms with Crippen LogP contribution in [0.3, 0.4) is 0 Å². The Morgan fingerprint density at radius 2 is 0.346 bits per heavy atom. The Kier molecular flexibility index (Phi) is 60.7. The van der Waals surface area contributed by atoms with Crippen LogP contribution in [0.15, 0.2) is 0 Å². The van der Waals surface area contributed by atoms with Crippen molar-refractivity contribution < 1.29 is 99.8 Å². The van der Waals surface area contributed by atoms with Crippen LogP contribution in [0.2, 0.25) is 0 Å². The highest BCUT2D eigenvalue weighted by molar-refractivity contribution is 5.82. The zero-order valence-electron chi connectivity index (χ0n) is 49.8. The highest BCUT2D eigenvalue weighted by Crippen LogP contribution is 1.97. The molecule has 0 heterocycles. The van der Waals surface area contributed by atoms with Gasteiger partial charge in [-0.2, -0.15) is 0 Å². The van der Waals surface area contributed by atoms with Gasteiger partial charge in [0.1, 0.15) is 39.6 Å². The molecule has 0 atom stereocenters. The van der Waals surface area contributed by atoms with Crippen LogP contribution in [0.5, 0.6) is 0 Å². The number of carbonyl (C=O) groups is 6. The van der Waals surface area contributed by atoms with Crippen molar-refractivity contribution in [1.29, 1.82) is 0 Å². The van der Waals surface area contributed by atoms with Crippen molar-refractivity contribution in [1.82, 2.24) is 16.0 Å². The number of carbonyl (C=O) groups excluding carboxylic acids is 6. The van der Waals surface area contributed by atoms with Crippen molar-refractivity contribution in [3.8, 4) is 0 Å². The van der Waals surface area contributed by atoms with Crippen molar-refractivity contribution in [2.75, 3.05) is 198 Å². The van der Waals surface area contributed by atoms with E-state index in [0.29, 0.717) is 159 Å². The second-order valence-corrected chi connectivity index (χ2v) is 18.9. The first-order valence-electron chi connectivity index (χ1n) is 27.4. The number of nitrogens with one attached hydrogen (secondary N) is 3. The minimum absolute atomic E-state index is 0.00115. The predicted octanol–water partition coefficient (Wildman–Crippen LogP) is 2.46. The van der Waals surface area contributed by atoms with Gasteiger partial charge in [0, 0.05) is 35.9 Å².